The summed E-state index contributed by atoms with van der Waals surface area (Å²) in [6.07, 6.45) is -6.27. The molecule has 0 aromatic carbocycles. The third-order valence-electron chi connectivity index (χ3n) is 2.65. The van der Waals surface area contributed by atoms with Crippen LogP contribution in [0.1, 0.15) is 5.56 Å². The number of aromatic amines is 2. The van der Waals surface area contributed by atoms with Crippen LogP contribution in [0.3, 0.4) is 0 Å². The zero-order valence-corrected chi connectivity index (χ0v) is 11.1. The summed E-state index contributed by atoms with van der Waals surface area (Å²) in [5, 5.41) is 0. The number of H-pyrrole nitrogens is 2. The Balaban J connectivity index is 2.89. The Kier molecular flexibility index (Phi) is 5.13. The predicted octanol–water partition coefficient (Wildman–Crippen LogP) is 2.05. The van der Waals surface area contributed by atoms with Crippen molar-refractivity contribution in [3.8, 4) is 0 Å². The van der Waals surface area contributed by atoms with Crippen molar-refractivity contribution in [2.75, 3.05) is 6.61 Å². The fourth-order valence-electron chi connectivity index (χ4n) is 1.33. The monoisotopic (exact) mass is 374 g/mol. The molecule has 0 unspecified atom stereocenters. The minimum Gasteiger partial charge on any atom is -0.370 e. The van der Waals surface area contributed by atoms with Gasteiger partial charge in [-0.25, -0.2) is 4.79 Å². The Bertz CT molecular complexity index is 692. The van der Waals surface area contributed by atoms with Crippen LogP contribution in [0.4, 0.5) is 39.5 Å². The molecule has 24 heavy (non-hydrogen) atoms. The van der Waals surface area contributed by atoms with E-state index >= 15 is 0 Å². The molecule has 1 heterocycles. The minimum atomic E-state index is -7.01. The molecule has 2 N–H and O–H groups in total. The van der Waals surface area contributed by atoms with Gasteiger partial charge in [0, 0.05) is 6.20 Å². The molecule has 0 aliphatic heterocycles. The molecule has 1 aromatic rings. The molecule has 0 bridgehead atoms. The number of rotatable bonds is 6. The van der Waals surface area contributed by atoms with Crippen molar-refractivity contribution in [3.05, 3.63) is 32.6 Å². The van der Waals surface area contributed by atoms with Gasteiger partial charge in [0.25, 0.3) is 5.56 Å². The van der Waals surface area contributed by atoms with E-state index in [4.69, 9.17) is 0 Å². The van der Waals surface area contributed by atoms with E-state index in [0.717, 1.165) is 0 Å². The van der Waals surface area contributed by atoms with E-state index in [-0.39, 0.29) is 0 Å². The largest absolute Gasteiger partial charge is 0.460 e. The zero-order valence-electron chi connectivity index (χ0n) is 11.1. The molecule has 0 spiro atoms. The topological polar surface area (TPSA) is 75.0 Å². The number of aromatic nitrogens is 2. The molecule has 14 heteroatoms. The Morgan fingerprint density at radius 2 is 1.46 bits per heavy atom. The van der Waals surface area contributed by atoms with Gasteiger partial charge in [-0.05, 0) is 0 Å². The van der Waals surface area contributed by atoms with E-state index in [1.165, 1.54) is 0 Å². The van der Waals surface area contributed by atoms with Crippen molar-refractivity contribution in [3.63, 3.8) is 0 Å². The van der Waals surface area contributed by atoms with Gasteiger partial charge in [0.1, 0.15) is 6.61 Å². The maximum atomic E-state index is 13.1. The highest BCUT2D eigenvalue weighted by atomic mass is 19.4. The molecule has 0 saturated heterocycles. The normalized spacial score (nSPS) is 14.0. The summed E-state index contributed by atoms with van der Waals surface area (Å²) in [5.41, 5.74) is -2.71. The van der Waals surface area contributed by atoms with Crippen LogP contribution >= 0.6 is 0 Å². The van der Waals surface area contributed by atoms with E-state index in [1.54, 1.807) is 4.98 Å². The van der Waals surface area contributed by atoms with Crippen molar-refractivity contribution < 1.29 is 44.3 Å². The van der Waals surface area contributed by atoms with Crippen LogP contribution in [-0.2, 0) is 11.3 Å². The second-order valence-electron chi connectivity index (χ2n) is 4.44. The van der Waals surface area contributed by atoms with Crippen LogP contribution in [0.25, 0.3) is 0 Å². The molecule has 0 atom stereocenters. The van der Waals surface area contributed by atoms with Crippen LogP contribution in [-0.4, -0.2) is 40.5 Å². The fraction of sp³-hybridized carbons (Fsp3) is 0.600. The number of hydrogen-bond donors (Lipinski definition) is 2. The second-order valence-corrected chi connectivity index (χ2v) is 4.44. The van der Waals surface area contributed by atoms with E-state index in [2.05, 4.69) is 4.74 Å². The summed E-state index contributed by atoms with van der Waals surface area (Å²) in [5.74, 6) is -19.7. The standard InChI is InChI=1S/C10H7F9N2O3/c11-7(12,8(13,14)9(15,16)10(17,18)19)3-24-2-4-1-20-6(23)21-5(4)22/h1H,2-3H2,(H2,20,21,22,23). The highest BCUT2D eigenvalue weighted by molar-refractivity contribution is 5.02. The molecule has 0 aliphatic carbocycles. The summed E-state index contributed by atoms with van der Waals surface area (Å²) >= 11 is 0. The molecule has 0 fully saturated rings. The molecule has 1 rings (SSSR count). The van der Waals surface area contributed by atoms with E-state index in [9.17, 15) is 49.1 Å². The van der Waals surface area contributed by atoms with Crippen molar-refractivity contribution in [1.29, 1.82) is 0 Å². The summed E-state index contributed by atoms with van der Waals surface area (Å²) in [7, 11) is 0. The third kappa shape index (κ3) is 3.57. The first-order chi connectivity index (χ1) is 10.6. The minimum absolute atomic E-state index is 0.559. The van der Waals surface area contributed by atoms with Crippen LogP contribution in [0, 0.1) is 0 Å². The number of nitrogens with one attached hydrogen (secondary N) is 2. The van der Waals surface area contributed by atoms with E-state index in [0.29, 0.717) is 6.20 Å². The molecular weight excluding hydrogens is 367 g/mol. The van der Waals surface area contributed by atoms with Crippen molar-refractivity contribution in [2.45, 2.75) is 30.6 Å². The van der Waals surface area contributed by atoms with Gasteiger partial charge >= 0.3 is 29.6 Å². The first-order valence-electron chi connectivity index (χ1n) is 5.72. The maximum absolute atomic E-state index is 13.1. The Morgan fingerprint density at radius 1 is 0.917 bits per heavy atom. The molecule has 0 radical (unpaired) electrons. The molecule has 1 aromatic heterocycles. The zero-order chi connectivity index (χ0) is 19.0. The van der Waals surface area contributed by atoms with Gasteiger partial charge in [-0.15, -0.1) is 0 Å². The summed E-state index contributed by atoms with van der Waals surface area (Å²) in [6.45, 7) is -3.69. The average Bonchev–Trinajstić information content (AvgIpc) is 2.39. The van der Waals surface area contributed by atoms with Gasteiger partial charge in [0.15, 0.2) is 0 Å². The lowest BCUT2D eigenvalue weighted by molar-refractivity contribution is -0.400. The summed E-state index contributed by atoms with van der Waals surface area (Å²) < 4.78 is 117. The Labute approximate surface area is 125 Å². The average molecular weight is 374 g/mol. The van der Waals surface area contributed by atoms with Crippen LogP contribution in [0.15, 0.2) is 15.8 Å². The quantitative estimate of drug-likeness (QED) is 0.749. The van der Waals surface area contributed by atoms with Crippen molar-refractivity contribution >= 4 is 0 Å². The van der Waals surface area contributed by atoms with Crippen molar-refractivity contribution in [1.82, 2.24) is 9.97 Å². The van der Waals surface area contributed by atoms with E-state index < -0.39 is 54.0 Å². The van der Waals surface area contributed by atoms with E-state index in [1.807, 2.05) is 4.98 Å². The van der Waals surface area contributed by atoms with Gasteiger partial charge < -0.3 is 9.72 Å². The third-order valence-corrected chi connectivity index (χ3v) is 2.65. The lowest BCUT2D eigenvalue weighted by atomic mass is 10.0. The lowest BCUT2D eigenvalue weighted by Crippen LogP contribution is -2.62. The van der Waals surface area contributed by atoms with Gasteiger partial charge in [-0.3, -0.25) is 9.78 Å². The highest BCUT2D eigenvalue weighted by Gasteiger charge is 2.81. The molecule has 0 saturated carbocycles. The summed E-state index contributed by atoms with van der Waals surface area (Å²) in [4.78, 5) is 25.3. The first-order valence-corrected chi connectivity index (χ1v) is 5.72. The number of ether oxygens (including phenoxy) is 1. The van der Waals surface area contributed by atoms with Crippen LogP contribution in [0.5, 0.6) is 0 Å². The fourth-order valence-corrected chi connectivity index (χ4v) is 1.33. The molecule has 138 valence electrons. The smallest absolute Gasteiger partial charge is 0.370 e. The highest BCUT2D eigenvalue weighted by Crippen LogP contribution is 2.53. The second kappa shape index (κ2) is 6.14. The molecule has 5 nitrogen and oxygen atoms in total. The van der Waals surface area contributed by atoms with Gasteiger partial charge in [-0.1, -0.05) is 0 Å². The Morgan fingerprint density at radius 3 is 1.92 bits per heavy atom. The predicted molar refractivity (Wildman–Crippen MR) is 58.2 cm³/mol. The Hall–Kier alpha value is -1.99. The van der Waals surface area contributed by atoms with Gasteiger partial charge in [-0.2, -0.15) is 39.5 Å². The molecular formula is C10H7F9N2O3. The molecule has 0 amide bonds. The van der Waals surface area contributed by atoms with Crippen LogP contribution in [0.2, 0.25) is 0 Å². The number of hydrogen-bond acceptors (Lipinski definition) is 3. The SMILES string of the molecule is O=c1[nH]cc(COCC(F)(F)C(F)(F)C(F)(F)C(F)(F)F)c(=O)[nH]1. The molecule has 0 aliphatic rings. The number of alkyl halides is 9. The van der Waals surface area contributed by atoms with Gasteiger partial charge in [0.05, 0.1) is 12.2 Å². The number of halogens is 9. The van der Waals surface area contributed by atoms with Crippen LogP contribution < -0.4 is 11.2 Å². The summed E-state index contributed by atoms with van der Waals surface area (Å²) in [6, 6.07) is 0. The maximum Gasteiger partial charge on any atom is 0.460 e. The first kappa shape index (κ1) is 20.1. The van der Waals surface area contributed by atoms with Crippen molar-refractivity contribution in [2.24, 2.45) is 0 Å². The van der Waals surface area contributed by atoms with Gasteiger partial charge in [0.2, 0.25) is 0 Å². The lowest BCUT2D eigenvalue weighted by Gasteiger charge is -2.33.